The average Bonchev–Trinajstić information content (AvgIpc) is 2.41. The van der Waals surface area contributed by atoms with Gasteiger partial charge in [-0.15, -0.1) is 0 Å². The van der Waals surface area contributed by atoms with Crippen molar-refractivity contribution in [1.82, 2.24) is 4.98 Å². The molecular weight excluding hydrogens is 231 g/mol. The summed E-state index contributed by atoms with van der Waals surface area (Å²) >= 11 is 0. The van der Waals surface area contributed by atoms with Gasteiger partial charge in [-0.1, -0.05) is 18.2 Å². The quantitative estimate of drug-likeness (QED) is 0.880. The highest BCUT2D eigenvalue weighted by atomic mass is 19.1. The molecule has 0 radical (unpaired) electrons. The zero-order valence-corrected chi connectivity index (χ0v) is 10.2. The van der Waals surface area contributed by atoms with E-state index < -0.39 is 0 Å². The van der Waals surface area contributed by atoms with Gasteiger partial charge in [0, 0.05) is 12.7 Å². The lowest BCUT2D eigenvalue weighted by Gasteiger charge is -2.09. The zero-order chi connectivity index (χ0) is 12.8. The Labute approximate surface area is 106 Å². The maximum Gasteiger partial charge on any atom is 0.168 e. The van der Waals surface area contributed by atoms with Gasteiger partial charge in [0.15, 0.2) is 11.6 Å². The normalized spacial score (nSPS) is 10.1. The van der Waals surface area contributed by atoms with Gasteiger partial charge in [0.1, 0.15) is 5.82 Å². The number of nitrogens with zero attached hydrogens (tertiary/aromatic N) is 1. The van der Waals surface area contributed by atoms with E-state index >= 15 is 0 Å². The molecule has 0 bridgehead atoms. The summed E-state index contributed by atoms with van der Waals surface area (Å²) in [5.41, 5.74) is 0.694. The van der Waals surface area contributed by atoms with Gasteiger partial charge in [-0.05, 0) is 30.2 Å². The first-order valence-electron chi connectivity index (χ1n) is 5.77. The Morgan fingerprint density at radius 2 is 2.06 bits per heavy atom. The average molecular weight is 246 g/mol. The van der Waals surface area contributed by atoms with Gasteiger partial charge in [-0.2, -0.15) is 0 Å². The van der Waals surface area contributed by atoms with Crippen LogP contribution in [0.25, 0.3) is 0 Å². The van der Waals surface area contributed by atoms with E-state index in [-0.39, 0.29) is 5.82 Å². The molecule has 0 fully saturated rings. The van der Waals surface area contributed by atoms with Crippen LogP contribution in [-0.4, -0.2) is 18.6 Å². The highest BCUT2D eigenvalue weighted by molar-refractivity contribution is 5.49. The molecule has 0 saturated heterocycles. The van der Waals surface area contributed by atoms with Crippen molar-refractivity contribution in [3.05, 3.63) is 54.0 Å². The molecule has 0 aliphatic carbocycles. The molecule has 1 aromatic carbocycles. The van der Waals surface area contributed by atoms with E-state index in [1.54, 1.807) is 31.5 Å². The summed E-state index contributed by atoms with van der Waals surface area (Å²) in [6, 6.07) is 10.4. The topological polar surface area (TPSA) is 34.1 Å². The fourth-order valence-corrected chi connectivity index (χ4v) is 1.70. The van der Waals surface area contributed by atoms with Crippen LogP contribution in [-0.2, 0) is 6.42 Å². The molecule has 94 valence electrons. The number of pyridine rings is 1. The van der Waals surface area contributed by atoms with Crippen LogP contribution in [0.5, 0.6) is 5.75 Å². The fourth-order valence-electron chi connectivity index (χ4n) is 1.70. The Morgan fingerprint density at radius 1 is 1.22 bits per heavy atom. The second-order valence-electron chi connectivity index (χ2n) is 3.82. The van der Waals surface area contributed by atoms with Crippen LogP contribution in [0.2, 0.25) is 0 Å². The van der Waals surface area contributed by atoms with Crippen molar-refractivity contribution in [3.8, 4) is 5.75 Å². The second kappa shape index (κ2) is 6.00. The molecular formula is C14H15FN2O. The minimum absolute atomic E-state index is 0.174. The number of anilines is 1. The van der Waals surface area contributed by atoms with Crippen molar-refractivity contribution >= 4 is 5.82 Å². The summed E-state index contributed by atoms with van der Waals surface area (Å²) in [5.74, 6) is 1.19. The molecule has 1 heterocycles. The maximum atomic E-state index is 13.4. The molecule has 0 aliphatic heterocycles. The molecule has 2 aromatic rings. The number of ether oxygens (including phenoxy) is 1. The van der Waals surface area contributed by atoms with Crippen molar-refractivity contribution < 1.29 is 9.13 Å². The zero-order valence-electron chi connectivity index (χ0n) is 10.2. The third kappa shape index (κ3) is 2.97. The van der Waals surface area contributed by atoms with Gasteiger partial charge in [0.05, 0.1) is 7.11 Å². The minimum atomic E-state index is -0.174. The molecule has 1 aromatic heterocycles. The molecule has 0 unspecified atom stereocenters. The van der Waals surface area contributed by atoms with Crippen molar-refractivity contribution in [2.45, 2.75) is 6.42 Å². The van der Waals surface area contributed by atoms with Crippen LogP contribution in [0.4, 0.5) is 10.2 Å². The number of hydrogen-bond acceptors (Lipinski definition) is 3. The Hall–Kier alpha value is -2.10. The summed E-state index contributed by atoms with van der Waals surface area (Å²) in [5, 5.41) is 3.14. The molecule has 0 aliphatic rings. The predicted molar refractivity (Wildman–Crippen MR) is 69.4 cm³/mol. The van der Waals surface area contributed by atoms with E-state index in [4.69, 9.17) is 4.74 Å². The van der Waals surface area contributed by atoms with Crippen LogP contribution in [0.3, 0.4) is 0 Å². The van der Waals surface area contributed by atoms with Gasteiger partial charge >= 0.3 is 0 Å². The van der Waals surface area contributed by atoms with Gasteiger partial charge in [-0.25, -0.2) is 9.37 Å². The summed E-state index contributed by atoms with van der Waals surface area (Å²) in [7, 11) is 1.60. The number of rotatable bonds is 5. The lowest BCUT2D eigenvalue weighted by Crippen LogP contribution is -2.08. The molecule has 3 nitrogen and oxygen atoms in total. The summed E-state index contributed by atoms with van der Waals surface area (Å²) in [6.07, 6.45) is 2.29. The predicted octanol–water partition coefficient (Wildman–Crippen LogP) is 2.88. The van der Waals surface area contributed by atoms with Crippen LogP contribution in [0, 0.1) is 5.82 Å². The highest BCUT2D eigenvalue weighted by Gasteiger charge is 2.03. The Balaban J connectivity index is 1.95. The van der Waals surface area contributed by atoms with Gasteiger partial charge < -0.3 is 10.1 Å². The number of hydrogen-bond donors (Lipinski definition) is 1. The number of nitrogens with one attached hydrogen (secondary N) is 1. The van der Waals surface area contributed by atoms with Crippen LogP contribution < -0.4 is 10.1 Å². The monoisotopic (exact) mass is 246 g/mol. The van der Waals surface area contributed by atoms with E-state index in [1.165, 1.54) is 6.07 Å². The maximum absolute atomic E-state index is 13.4. The lowest BCUT2D eigenvalue weighted by molar-refractivity contribution is 0.415. The Bertz CT molecular complexity index is 517. The fraction of sp³-hybridized carbons (Fsp3) is 0.214. The first-order chi connectivity index (χ1) is 8.81. The van der Waals surface area contributed by atoms with E-state index in [9.17, 15) is 4.39 Å². The molecule has 0 atom stereocenters. The third-order valence-electron chi connectivity index (χ3n) is 2.64. The number of aromatic nitrogens is 1. The first kappa shape index (κ1) is 12.4. The molecule has 4 heteroatoms. The highest BCUT2D eigenvalue weighted by Crippen LogP contribution is 2.19. The SMILES string of the molecule is COc1cccnc1NCCc1ccccc1F. The van der Waals surface area contributed by atoms with Crippen molar-refractivity contribution in [2.75, 3.05) is 19.0 Å². The summed E-state index contributed by atoms with van der Waals surface area (Å²) in [6.45, 7) is 0.605. The standard InChI is InChI=1S/C14H15FN2O/c1-18-13-7-4-9-16-14(13)17-10-8-11-5-2-3-6-12(11)15/h2-7,9H,8,10H2,1H3,(H,16,17). The largest absolute Gasteiger partial charge is 0.493 e. The van der Waals surface area contributed by atoms with Crippen molar-refractivity contribution in [1.29, 1.82) is 0 Å². The van der Waals surface area contributed by atoms with Crippen LogP contribution in [0.1, 0.15) is 5.56 Å². The first-order valence-corrected chi connectivity index (χ1v) is 5.77. The van der Waals surface area contributed by atoms with E-state index in [2.05, 4.69) is 10.3 Å². The van der Waals surface area contributed by atoms with Gasteiger partial charge in [-0.3, -0.25) is 0 Å². The van der Waals surface area contributed by atoms with Crippen molar-refractivity contribution in [3.63, 3.8) is 0 Å². The number of methoxy groups -OCH3 is 1. The van der Waals surface area contributed by atoms with E-state index in [0.29, 0.717) is 30.1 Å². The smallest absolute Gasteiger partial charge is 0.168 e. The number of benzene rings is 1. The lowest BCUT2D eigenvalue weighted by atomic mass is 10.1. The van der Waals surface area contributed by atoms with Crippen LogP contribution in [0.15, 0.2) is 42.6 Å². The molecule has 18 heavy (non-hydrogen) atoms. The molecule has 1 N–H and O–H groups in total. The van der Waals surface area contributed by atoms with E-state index in [0.717, 1.165) is 0 Å². The minimum Gasteiger partial charge on any atom is -0.493 e. The third-order valence-corrected chi connectivity index (χ3v) is 2.64. The van der Waals surface area contributed by atoms with Gasteiger partial charge in [0.25, 0.3) is 0 Å². The number of halogens is 1. The molecule has 0 saturated carbocycles. The van der Waals surface area contributed by atoms with E-state index in [1.807, 2.05) is 12.1 Å². The molecule has 2 rings (SSSR count). The Kier molecular flexibility index (Phi) is 4.12. The van der Waals surface area contributed by atoms with Crippen molar-refractivity contribution in [2.24, 2.45) is 0 Å². The summed E-state index contributed by atoms with van der Waals surface area (Å²) in [4.78, 5) is 4.17. The summed E-state index contributed by atoms with van der Waals surface area (Å²) < 4.78 is 18.6. The van der Waals surface area contributed by atoms with Gasteiger partial charge in [0.2, 0.25) is 0 Å². The molecule has 0 amide bonds. The molecule has 0 spiro atoms. The van der Waals surface area contributed by atoms with Crippen LogP contribution >= 0.6 is 0 Å². The second-order valence-corrected chi connectivity index (χ2v) is 3.82. The Morgan fingerprint density at radius 3 is 2.83 bits per heavy atom.